The Bertz CT molecular complexity index is 117. The van der Waals surface area contributed by atoms with Crippen LogP contribution in [0.1, 0.15) is 12.8 Å². The SMILES string of the molecule is CN(C)C(CCNCCCN)N(C)C. The van der Waals surface area contributed by atoms with Crippen molar-refractivity contribution in [2.45, 2.75) is 19.0 Å². The average molecular weight is 202 g/mol. The van der Waals surface area contributed by atoms with Gasteiger partial charge in [-0.05, 0) is 60.7 Å². The van der Waals surface area contributed by atoms with Crippen molar-refractivity contribution in [2.24, 2.45) is 5.73 Å². The summed E-state index contributed by atoms with van der Waals surface area (Å²) in [5, 5.41) is 3.39. The Labute approximate surface area is 88.4 Å². The Kier molecular flexibility index (Phi) is 8.08. The Balaban J connectivity index is 3.52. The van der Waals surface area contributed by atoms with Gasteiger partial charge in [-0.25, -0.2) is 0 Å². The van der Waals surface area contributed by atoms with Crippen LogP contribution in [0.4, 0.5) is 0 Å². The van der Waals surface area contributed by atoms with Crippen molar-refractivity contribution in [3.63, 3.8) is 0 Å². The molecule has 0 fully saturated rings. The van der Waals surface area contributed by atoms with Crippen molar-refractivity contribution in [2.75, 3.05) is 47.8 Å². The molecule has 4 heteroatoms. The summed E-state index contributed by atoms with van der Waals surface area (Å²) < 4.78 is 0. The van der Waals surface area contributed by atoms with E-state index in [0.717, 1.165) is 32.5 Å². The van der Waals surface area contributed by atoms with Gasteiger partial charge in [-0.1, -0.05) is 0 Å². The van der Waals surface area contributed by atoms with Gasteiger partial charge in [0.15, 0.2) is 0 Å². The fourth-order valence-electron chi connectivity index (χ4n) is 1.56. The molecule has 0 unspecified atom stereocenters. The minimum Gasteiger partial charge on any atom is -0.330 e. The predicted molar refractivity (Wildman–Crippen MR) is 62.3 cm³/mol. The number of hydrogen-bond acceptors (Lipinski definition) is 4. The van der Waals surface area contributed by atoms with E-state index in [4.69, 9.17) is 5.73 Å². The lowest BCUT2D eigenvalue weighted by atomic mass is 10.3. The van der Waals surface area contributed by atoms with Crippen LogP contribution in [-0.2, 0) is 0 Å². The molecule has 0 aliphatic rings. The summed E-state index contributed by atoms with van der Waals surface area (Å²) in [5.41, 5.74) is 5.41. The molecular weight excluding hydrogens is 176 g/mol. The molecule has 0 aliphatic heterocycles. The third-order valence-corrected chi connectivity index (χ3v) is 2.33. The van der Waals surface area contributed by atoms with Crippen molar-refractivity contribution >= 4 is 0 Å². The number of nitrogens with two attached hydrogens (primary N) is 1. The van der Waals surface area contributed by atoms with Crippen LogP contribution in [0.25, 0.3) is 0 Å². The van der Waals surface area contributed by atoms with Crippen LogP contribution in [0, 0.1) is 0 Å². The summed E-state index contributed by atoms with van der Waals surface area (Å²) in [5.74, 6) is 0. The molecule has 0 aromatic heterocycles. The lowest BCUT2D eigenvalue weighted by molar-refractivity contribution is 0.120. The molecule has 4 nitrogen and oxygen atoms in total. The van der Waals surface area contributed by atoms with E-state index >= 15 is 0 Å². The van der Waals surface area contributed by atoms with Crippen LogP contribution in [0.5, 0.6) is 0 Å². The molecule has 0 saturated carbocycles. The molecule has 0 rings (SSSR count). The van der Waals surface area contributed by atoms with E-state index in [1.807, 2.05) is 0 Å². The van der Waals surface area contributed by atoms with Crippen molar-refractivity contribution < 1.29 is 0 Å². The van der Waals surface area contributed by atoms with E-state index < -0.39 is 0 Å². The average Bonchev–Trinajstić information content (AvgIpc) is 2.09. The summed E-state index contributed by atoms with van der Waals surface area (Å²) in [7, 11) is 8.46. The van der Waals surface area contributed by atoms with Crippen molar-refractivity contribution in [1.29, 1.82) is 0 Å². The fourth-order valence-corrected chi connectivity index (χ4v) is 1.56. The van der Waals surface area contributed by atoms with E-state index in [1.165, 1.54) is 0 Å². The van der Waals surface area contributed by atoms with Crippen LogP contribution in [-0.4, -0.2) is 63.8 Å². The van der Waals surface area contributed by atoms with E-state index in [2.05, 4.69) is 43.3 Å². The molecule has 0 aromatic carbocycles. The topological polar surface area (TPSA) is 44.5 Å². The standard InChI is InChI=1S/C10H26N4/c1-13(2)10(14(3)4)6-9-12-8-5-7-11/h10,12H,5-9,11H2,1-4H3. The molecule has 0 spiro atoms. The highest BCUT2D eigenvalue weighted by atomic mass is 15.3. The maximum atomic E-state index is 5.41. The van der Waals surface area contributed by atoms with Gasteiger partial charge in [0, 0.05) is 0 Å². The summed E-state index contributed by atoms with van der Waals surface area (Å²) in [4.78, 5) is 4.48. The third-order valence-electron chi connectivity index (χ3n) is 2.33. The molecule has 0 aromatic rings. The normalized spacial score (nSPS) is 12.0. The molecule has 0 bridgehead atoms. The predicted octanol–water partition coefficient (Wildman–Crippen LogP) is -0.236. The largest absolute Gasteiger partial charge is 0.330 e. The Morgan fingerprint density at radius 2 is 1.64 bits per heavy atom. The maximum absolute atomic E-state index is 5.41. The Morgan fingerprint density at radius 3 is 2.07 bits per heavy atom. The van der Waals surface area contributed by atoms with Gasteiger partial charge in [0.05, 0.1) is 6.17 Å². The molecule has 0 aliphatic carbocycles. The summed E-state index contributed by atoms with van der Waals surface area (Å²) in [6, 6.07) is 0. The molecule has 0 saturated heterocycles. The van der Waals surface area contributed by atoms with Gasteiger partial charge >= 0.3 is 0 Å². The van der Waals surface area contributed by atoms with Crippen molar-refractivity contribution in [1.82, 2.24) is 15.1 Å². The minimum absolute atomic E-state index is 0.514. The lowest BCUT2D eigenvalue weighted by Gasteiger charge is -2.30. The first-order chi connectivity index (χ1) is 6.59. The lowest BCUT2D eigenvalue weighted by Crippen LogP contribution is -2.42. The van der Waals surface area contributed by atoms with Crippen LogP contribution < -0.4 is 11.1 Å². The van der Waals surface area contributed by atoms with Gasteiger partial charge in [0.1, 0.15) is 0 Å². The highest BCUT2D eigenvalue weighted by Crippen LogP contribution is 2.01. The second-order valence-corrected chi connectivity index (χ2v) is 4.09. The number of nitrogens with one attached hydrogen (secondary N) is 1. The van der Waals surface area contributed by atoms with Crippen molar-refractivity contribution in [3.05, 3.63) is 0 Å². The first-order valence-electron chi connectivity index (χ1n) is 5.33. The molecule has 3 N–H and O–H groups in total. The second kappa shape index (κ2) is 8.17. The maximum Gasteiger partial charge on any atom is 0.0624 e. The first kappa shape index (κ1) is 13.8. The van der Waals surface area contributed by atoms with Crippen LogP contribution >= 0.6 is 0 Å². The van der Waals surface area contributed by atoms with Gasteiger partial charge in [0.25, 0.3) is 0 Å². The van der Waals surface area contributed by atoms with Crippen molar-refractivity contribution in [3.8, 4) is 0 Å². The Hall–Kier alpha value is -0.160. The third kappa shape index (κ3) is 6.32. The van der Waals surface area contributed by atoms with E-state index in [1.54, 1.807) is 0 Å². The van der Waals surface area contributed by atoms with Gasteiger partial charge in [-0.2, -0.15) is 0 Å². The van der Waals surface area contributed by atoms with Gasteiger partial charge in [0.2, 0.25) is 0 Å². The smallest absolute Gasteiger partial charge is 0.0624 e. The van der Waals surface area contributed by atoms with E-state index in [0.29, 0.717) is 6.17 Å². The molecular formula is C10H26N4. The van der Waals surface area contributed by atoms with Gasteiger partial charge < -0.3 is 11.1 Å². The number of hydrogen-bond donors (Lipinski definition) is 2. The quantitative estimate of drug-likeness (QED) is 0.421. The van der Waals surface area contributed by atoms with Crippen LogP contribution in [0.2, 0.25) is 0 Å². The van der Waals surface area contributed by atoms with Gasteiger partial charge in [-0.15, -0.1) is 0 Å². The van der Waals surface area contributed by atoms with Crippen LogP contribution in [0.3, 0.4) is 0 Å². The minimum atomic E-state index is 0.514. The zero-order valence-electron chi connectivity index (χ0n) is 10.1. The second-order valence-electron chi connectivity index (χ2n) is 4.09. The fraction of sp³-hybridized carbons (Fsp3) is 1.00. The zero-order chi connectivity index (χ0) is 11.0. The number of rotatable bonds is 8. The summed E-state index contributed by atoms with van der Waals surface area (Å²) >= 11 is 0. The molecule has 0 amide bonds. The Morgan fingerprint density at radius 1 is 1.07 bits per heavy atom. The number of nitrogens with zero attached hydrogens (tertiary/aromatic N) is 2. The zero-order valence-corrected chi connectivity index (χ0v) is 10.1. The first-order valence-corrected chi connectivity index (χ1v) is 5.33. The molecule has 0 atom stereocenters. The van der Waals surface area contributed by atoms with Gasteiger partial charge in [-0.3, -0.25) is 9.80 Å². The van der Waals surface area contributed by atoms with E-state index in [9.17, 15) is 0 Å². The highest BCUT2D eigenvalue weighted by Gasteiger charge is 2.12. The monoisotopic (exact) mass is 202 g/mol. The summed E-state index contributed by atoms with van der Waals surface area (Å²) in [6.45, 7) is 2.86. The molecule has 0 radical (unpaired) electrons. The molecule has 14 heavy (non-hydrogen) atoms. The van der Waals surface area contributed by atoms with E-state index in [-0.39, 0.29) is 0 Å². The molecule has 86 valence electrons. The highest BCUT2D eigenvalue weighted by molar-refractivity contribution is 4.64. The molecule has 0 heterocycles. The van der Waals surface area contributed by atoms with Crippen LogP contribution in [0.15, 0.2) is 0 Å². The summed E-state index contributed by atoms with van der Waals surface area (Å²) in [6.07, 6.45) is 2.72.